The first-order valence-electron chi connectivity index (χ1n) is 7.93. The van der Waals surface area contributed by atoms with E-state index in [1.807, 2.05) is 0 Å². The third-order valence-electron chi connectivity index (χ3n) is 3.75. The first-order chi connectivity index (χ1) is 11.1. The number of hydrogen-bond donors (Lipinski definition) is 2. The molecule has 1 aromatic rings. The molecule has 8 nitrogen and oxygen atoms in total. The summed E-state index contributed by atoms with van der Waals surface area (Å²) in [6, 6.07) is 3.19. The number of hydrogen-bond acceptors (Lipinski definition) is 6. The molecule has 0 spiro atoms. The van der Waals surface area contributed by atoms with Crippen molar-refractivity contribution in [3.8, 4) is 0 Å². The highest BCUT2D eigenvalue weighted by Crippen LogP contribution is 2.17. The van der Waals surface area contributed by atoms with E-state index < -0.39 is 4.92 Å². The van der Waals surface area contributed by atoms with Gasteiger partial charge in [0.2, 0.25) is 0 Å². The molecule has 1 amide bonds. The molecule has 0 saturated heterocycles. The predicted molar refractivity (Wildman–Crippen MR) is 85.4 cm³/mol. The lowest BCUT2D eigenvalue weighted by Gasteiger charge is -2.22. The van der Waals surface area contributed by atoms with Gasteiger partial charge in [-0.05, 0) is 25.3 Å². The summed E-state index contributed by atoms with van der Waals surface area (Å²) in [6.07, 6.45) is 7.12. The van der Waals surface area contributed by atoms with E-state index in [1.165, 1.54) is 18.7 Å². The lowest BCUT2D eigenvalue weighted by Crippen LogP contribution is -2.36. The number of ether oxygens (including phenoxy) is 1. The molecular weight excluding hydrogens is 300 g/mol. The van der Waals surface area contributed by atoms with Gasteiger partial charge in [0, 0.05) is 18.7 Å². The molecule has 0 atom stereocenters. The lowest BCUT2D eigenvalue weighted by atomic mass is 9.96. The number of amides is 1. The van der Waals surface area contributed by atoms with E-state index >= 15 is 0 Å². The molecule has 8 heteroatoms. The van der Waals surface area contributed by atoms with Gasteiger partial charge in [-0.25, -0.2) is 9.78 Å². The van der Waals surface area contributed by atoms with Crippen molar-refractivity contribution in [2.45, 2.75) is 44.6 Å². The Labute approximate surface area is 134 Å². The van der Waals surface area contributed by atoms with E-state index in [-0.39, 0.29) is 17.8 Å². The molecule has 2 rings (SSSR count). The number of aromatic nitrogens is 1. The fourth-order valence-electron chi connectivity index (χ4n) is 2.51. The summed E-state index contributed by atoms with van der Waals surface area (Å²) in [5, 5.41) is 16.4. The quantitative estimate of drug-likeness (QED) is 0.454. The molecular formula is C15H22N4O4. The van der Waals surface area contributed by atoms with Crippen molar-refractivity contribution in [2.24, 2.45) is 0 Å². The molecule has 0 radical (unpaired) electrons. The van der Waals surface area contributed by atoms with E-state index in [0.29, 0.717) is 25.4 Å². The van der Waals surface area contributed by atoms with Crippen LogP contribution >= 0.6 is 0 Å². The summed E-state index contributed by atoms with van der Waals surface area (Å²) in [4.78, 5) is 25.6. The molecule has 1 saturated carbocycles. The van der Waals surface area contributed by atoms with Gasteiger partial charge in [-0.15, -0.1) is 0 Å². The lowest BCUT2D eigenvalue weighted by molar-refractivity contribution is -0.385. The van der Waals surface area contributed by atoms with Crippen LogP contribution in [0.3, 0.4) is 0 Å². The van der Waals surface area contributed by atoms with Crippen LogP contribution in [0.1, 0.15) is 38.5 Å². The highest BCUT2D eigenvalue weighted by Gasteiger charge is 2.15. The molecule has 23 heavy (non-hydrogen) atoms. The highest BCUT2D eigenvalue weighted by atomic mass is 16.6. The van der Waals surface area contributed by atoms with Crippen LogP contribution in [-0.2, 0) is 4.74 Å². The van der Waals surface area contributed by atoms with Crippen LogP contribution < -0.4 is 10.6 Å². The third kappa shape index (κ3) is 6.09. The Balaban J connectivity index is 1.56. The topological polar surface area (TPSA) is 106 Å². The third-order valence-corrected chi connectivity index (χ3v) is 3.75. The molecule has 1 aliphatic carbocycles. The van der Waals surface area contributed by atoms with E-state index in [4.69, 9.17) is 4.74 Å². The summed E-state index contributed by atoms with van der Waals surface area (Å²) >= 11 is 0. The van der Waals surface area contributed by atoms with Crippen LogP contribution in [0.2, 0.25) is 0 Å². The monoisotopic (exact) mass is 322 g/mol. The second kappa shape index (κ2) is 8.92. The number of carbonyl (C=O) groups is 1. The minimum atomic E-state index is -0.491. The molecule has 1 heterocycles. The van der Waals surface area contributed by atoms with E-state index in [2.05, 4.69) is 15.6 Å². The highest BCUT2D eigenvalue weighted by molar-refractivity contribution is 5.67. The summed E-state index contributed by atoms with van der Waals surface area (Å²) in [5.74, 6) is 0.558. The van der Waals surface area contributed by atoms with Crippen LogP contribution in [0.5, 0.6) is 0 Å². The van der Waals surface area contributed by atoms with Gasteiger partial charge in [0.1, 0.15) is 12.0 Å². The maximum Gasteiger partial charge on any atom is 0.407 e. The van der Waals surface area contributed by atoms with Crippen molar-refractivity contribution < 1.29 is 14.5 Å². The Morgan fingerprint density at radius 3 is 2.78 bits per heavy atom. The number of anilines is 1. The molecule has 0 aliphatic heterocycles. The normalized spacial score (nSPS) is 15.0. The van der Waals surface area contributed by atoms with Gasteiger partial charge in [0.25, 0.3) is 5.69 Å². The number of nitro groups is 1. The smallest absolute Gasteiger partial charge is 0.407 e. The number of nitrogens with zero attached hydrogens (tertiary/aromatic N) is 2. The van der Waals surface area contributed by atoms with Gasteiger partial charge < -0.3 is 15.4 Å². The average Bonchev–Trinajstić information content (AvgIpc) is 2.56. The molecule has 1 aromatic heterocycles. The SMILES string of the molecule is O=C(NC1CCCCC1)OCCCNc1ccc([N+](=O)[O-])cn1. The Kier molecular flexibility index (Phi) is 6.58. The number of alkyl carbamates (subject to hydrolysis) is 1. The second-order valence-corrected chi connectivity index (χ2v) is 5.55. The largest absolute Gasteiger partial charge is 0.449 e. The van der Waals surface area contributed by atoms with Crippen molar-refractivity contribution in [3.63, 3.8) is 0 Å². The number of rotatable bonds is 7. The Morgan fingerprint density at radius 2 is 2.13 bits per heavy atom. The number of carbonyl (C=O) groups excluding carboxylic acids is 1. The van der Waals surface area contributed by atoms with E-state index in [1.54, 1.807) is 6.07 Å². The first kappa shape index (κ1) is 17.0. The zero-order chi connectivity index (χ0) is 16.5. The molecule has 0 aromatic carbocycles. The molecule has 126 valence electrons. The first-order valence-corrected chi connectivity index (χ1v) is 7.93. The zero-order valence-electron chi connectivity index (χ0n) is 13.0. The summed E-state index contributed by atoms with van der Waals surface area (Å²) < 4.78 is 5.13. The minimum Gasteiger partial charge on any atom is -0.449 e. The number of pyridine rings is 1. The fourth-order valence-corrected chi connectivity index (χ4v) is 2.51. The fraction of sp³-hybridized carbons (Fsp3) is 0.600. The van der Waals surface area contributed by atoms with Gasteiger partial charge in [0.15, 0.2) is 0 Å². The zero-order valence-corrected chi connectivity index (χ0v) is 13.0. The summed E-state index contributed by atoms with van der Waals surface area (Å²) in [6.45, 7) is 0.889. The average molecular weight is 322 g/mol. The van der Waals surface area contributed by atoms with Crippen LogP contribution in [0, 0.1) is 10.1 Å². The van der Waals surface area contributed by atoms with Gasteiger partial charge in [0.05, 0.1) is 11.5 Å². The van der Waals surface area contributed by atoms with E-state index in [0.717, 1.165) is 25.7 Å². The predicted octanol–water partition coefficient (Wildman–Crippen LogP) is 2.85. The Morgan fingerprint density at radius 1 is 1.35 bits per heavy atom. The molecule has 1 fully saturated rings. The van der Waals surface area contributed by atoms with Crippen molar-refractivity contribution in [2.75, 3.05) is 18.5 Å². The molecule has 0 unspecified atom stereocenters. The van der Waals surface area contributed by atoms with Crippen LogP contribution in [0.15, 0.2) is 18.3 Å². The van der Waals surface area contributed by atoms with E-state index in [9.17, 15) is 14.9 Å². The Bertz CT molecular complexity index is 515. The summed E-state index contributed by atoms with van der Waals surface area (Å²) in [7, 11) is 0. The molecule has 0 bridgehead atoms. The minimum absolute atomic E-state index is 0.0433. The molecule has 2 N–H and O–H groups in total. The van der Waals surface area contributed by atoms with Crippen molar-refractivity contribution in [1.29, 1.82) is 0 Å². The van der Waals surface area contributed by atoms with Crippen molar-refractivity contribution in [3.05, 3.63) is 28.4 Å². The van der Waals surface area contributed by atoms with Crippen LogP contribution in [-0.4, -0.2) is 35.2 Å². The van der Waals surface area contributed by atoms with Crippen molar-refractivity contribution in [1.82, 2.24) is 10.3 Å². The van der Waals surface area contributed by atoms with Crippen LogP contribution in [0.25, 0.3) is 0 Å². The van der Waals surface area contributed by atoms with Gasteiger partial charge in [-0.1, -0.05) is 19.3 Å². The van der Waals surface area contributed by atoms with Crippen LogP contribution in [0.4, 0.5) is 16.3 Å². The maximum atomic E-state index is 11.6. The number of nitrogens with one attached hydrogen (secondary N) is 2. The standard InChI is InChI=1S/C15H22N4O4/c20-15(18-12-5-2-1-3-6-12)23-10-4-9-16-14-8-7-13(11-17-14)19(21)22/h7-8,11-12H,1-6,9-10H2,(H,16,17)(H,18,20). The maximum absolute atomic E-state index is 11.6. The van der Waals surface area contributed by atoms with Gasteiger partial charge in [-0.3, -0.25) is 10.1 Å². The van der Waals surface area contributed by atoms with Crippen molar-refractivity contribution >= 4 is 17.6 Å². The summed E-state index contributed by atoms with van der Waals surface area (Å²) in [5.41, 5.74) is -0.0433. The second-order valence-electron chi connectivity index (χ2n) is 5.55. The van der Waals surface area contributed by atoms with Gasteiger partial charge >= 0.3 is 6.09 Å². The Hall–Kier alpha value is -2.38. The molecule has 1 aliphatic rings. The van der Waals surface area contributed by atoms with Gasteiger partial charge in [-0.2, -0.15) is 0 Å².